The number of hydrogen-bond acceptors (Lipinski definition) is 3. The Balaban J connectivity index is 0.00000120. The fourth-order valence-corrected chi connectivity index (χ4v) is 2.43. The number of benzene rings is 1. The summed E-state index contributed by atoms with van der Waals surface area (Å²) >= 11 is 0. The van der Waals surface area contributed by atoms with E-state index in [4.69, 9.17) is 0 Å². The molecule has 18 heavy (non-hydrogen) atoms. The summed E-state index contributed by atoms with van der Waals surface area (Å²) in [6.45, 7) is 0. The molecule has 0 radical (unpaired) electrons. The van der Waals surface area contributed by atoms with E-state index in [0.29, 0.717) is 12.8 Å². The van der Waals surface area contributed by atoms with Gasteiger partial charge in [0.25, 0.3) is 0 Å². The Bertz CT molecular complexity index is 528. The highest BCUT2D eigenvalue weighted by Gasteiger charge is 2.26. The number of aromatic amines is 1. The molecule has 5 heteroatoms. The third-order valence-electron chi connectivity index (χ3n) is 3.35. The molecule has 1 aromatic heterocycles. The lowest BCUT2D eigenvalue weighted by molar-refractivity contribution is 0.0143. The van der Waals surface area contributed by atoms with Crippen molar-refractivity contribution in [3.8, 4) is 11.3 Å². The van der Waals surface area contributed by atoms with Crippen molar-refractivity contribution in [3.63, 3.8) is 0 Å². The fourth-order valence-electron chi connectivity index (χ4n) is 2.43. The summed E-state index contributed by atoms with van der Waals surface area (Å²) in [4.78, 5) is 7.09. The van der Waals surface area contributed by atoms with E-state index < -0.39 is 12.2 Å². The highest BCUT2D eigenvalue weighted by molar-refractivity contribution is 5.85. The van der Waals surface area contributed by atoms with E-state index in [-0.39, 0.29) is 12.4 Å². The van der Waals surface area contributed by atoms with Crippen LogP contribution in [0.1, 0.15) is 11.1 Å². The largest absolute Gasteiger partial charge is 0.390 e. The minimum Gasteiger partial charge on any atom is -0.390 e. The van der Waals surface area contributed by atoms with Gasteiger partial charge >= 0.3 is 0 Å². The van der Waals surface area contributed by atoms with Crippen molar-refractivity contribution in [2.45, 2.75) is 25.0 Å². The molecule has 0 aliphatic heterocycles. The smallest absolute Gasteiger partial charge is 0.0924 e. The van der Waals surface area contributed by atoms with Gasteiger partial charge in [-0.1, -0.05) is 18.2 Å². The number of nitrogens with one attached hydrogen (secondary N) is 1. The van der Waals surface area contributed by atoms with E-state index in [1.54, 1.807) is 12.5 Å². The first-order valence-electron chi connectivity index (χ1n) is 5.71. The number of fused-ring (bicyclic) bond motifs is 1. The number of rotatable bonds is 1. The first-order valence-corrected chi connectivity index (χ1v) is 5.71. The van der Waals surface area contributed by atoms with Crippen LogP contribution in [0, 0.1) is 0 Å². The van der Waals surface area contributed by atoms with E-state index in [9.17, 15) is 10.2 Å². The quantitative estimate of drug-likeness (QED) is 0.729. The van der Waals surface area contributed by atoms with Gasteiger partial charge < -0.3 is 15.2 Å². The van der Waals surface area contributed by atoms with Gasteiger partial charge in [0.05, 0.1) is 30.4 Å². The minimum absolute atomic E-state index is 0. The first kappa shape index (κ1) is 13.1. The lowest BCUT2D eigenvalue weighted by Gasteiger charge is -2.27. The first-order chi connectivity index (χ1) is 8.25. The number of imidazole rings is 1. The van der Waals surface area contributed by atoms with Gasteiger partial charge in [-0.3, -0.25) is 0 Å². The van der Waals surface area contributed by atoms with E-state index in [0.717, 1.165) is 22.4 Å². The maximum absolute atomic E-state index is 9.77. The lowest BCUT2D eigenvalue weighted by Crippen LogP contribution is -2.34. The molecule has 0 saturated carbocycles. The topological polar surface area (TPSA) is 69.1 Å². The van der Waals surface area contributed by atoms with Crippen LogP contribution in [0.5, 0.6) is 0 Å². The van der Waals surface area contributed by atoms with E-state index in [2.05, 4.69) is 9.97 Å². The molecular formula is C13H15ClN2O2. The van der Waals surface area contributed by atoms with Crippen molar-refractivity contribution in [1.29, 1.82) is 0 Å². The summed E-state index contributed by atoms with van der Waals surface area (Å²) < 4.78 is 0. The monoisotopic (exact) mass is 266 g/mol. The van der Waals surface area contributed by atoms with Crippen molar-refractivity contribution in [2.24, 2.45) is 0 Å². The van der Waals surface area contributed by atoms with Crippen LogP contribution in [0.15, 0.2) is 30.7 Å². The van der Waals surface area contributed by atoms with E-state index in [1.165, 1.54) is 0 Å². The Morgan fingerprint density at radius 2 is 1.94 bits per heavy atom. The van der Waals surface area contributed by atoms with Crippen molar-refractivity contribution >= 4 is 12.4 Å². The second-order valence-electron chi connectivity index (χ2n) is 4.45. The molecule has 1 aliphatic carbocycles. The number of H-pyrrole nitrogens is 1. The molecule has 0 saturated heterocycles. The Kier molecular flexibility index (Phi) is 3.71. The Morgan fingerprint density at radius 3 is 2.67 bits per heavy atom. The molecule has 96 valence electrons. The zero-order valence-electron chi connectivity index (χ0n) is 9.71. The van der Waals surface area contributed by atoms with Gasteiger partial charge in [0, 0.05) is 18.4 Å². The molecule has 2 aromatic rings. The molecule has 3 rings (SSSR count). The van der Waals surface area contributed by atoms with Gasteiger partial charge in [-0.15, -0.1) is 12.4 Å². The van der Waals surface area contributed by atoms with Gasteiger partial charge in [-0.2, -0.15) is 0 Å². The molecule has 1 aliphatic rings. The molecule has 3 N–H and O–H groups in total. The average molecular weight is 267 g/mol. The van der Waals surface area contributed by atoms with E-state index in [1.807, 2.05) is 18.2 Å². The van der Waals surface area contributed by atoms with Crippen LogP contribution >= 0.6 is 12.4 Å². The van der Waals surface area contributed by atoms with Crippen molar-refractivity contribution in [3.05, 3.63) is 41.9 Å². The van der Waals surface area contributed by atoms with Crippen molar-refractivity contribution in [1.82, 2.24) is 9.97 Å². The second kappa shape index (κ2) is 5.10. The summed E-state index contributed by atoms with van der Waals surface area (Å²) in [6, 6.07) is 5.99. The number of halogens is 1. The SMILES string of the molecule is Cl.OC1Cc2cccc(-c3cnc[nH]3)c2CC1O. The van der Waals surface area contributed by atoms with Crippen LogP contribution in [-0.2, 0) is 12.8 Å². The predicted molar refractivity (Wildman–Crippen MR) is 70.7 cm³/mol. The predicted octanol–water partition coefficient (Wildman–Crippen LogP) is 1.32. The Morgan fingerprint density at radius 1 is 1.17 bits per heavy atom. The molecule has 1 aromatic carbocycles. The lowest BCUT2D eigenvalue weighted by atomic mass is 9.84. The van der Waals surface area contributed by atoms with Crippen LogP contribution in [0.4, 0.5) is 0 Å². The van der Waals surface area contributed by atoms with Gasteiger partial charge in [0.15, 0.2) is 0 Å². The normalized spacial score (nSPS) is 22.1. The standard InChI is InChI=1S/C13H14N2O2.ClH/c16-12-4-8-2-1-3-9(10(8)5-13(12)17)11-6-14-7-15-11;/h1-3,6-7,12-13,16-17H,4-5H2,(H,14,15);1H. The highest BCUT2D eigenvalue weighted by atomic mass is 35.5. The zero-order chi connectivity index (χ0) is 11.8. The molecule has 4 nitrogen and oxygen atoms in total. The average Bonchev–Trinajstić information content (AvgIpc) is 2.83. The third-order valence-corrected chi connectivity index (χ3v) is 3.35. The molecule has 2 atom stereocenters. The molecule has 0 amide bonds. The molecular weight excluding hydrogens is 252 g/mol. The van der Waals surface area contributed by atoms with Gasteiger partial charge in [0.2, 0.25) is 0 Å². The number of hydrogen-bond donors (Lipinski definition) is 3. The second-order valence-corrected chi connectivity index (χ2v) is 4.45. The number of aromatic nitrogens is 2. The number of aliphatic hydroxyl groups is 2. The summed E-state index contributed by atoms with van der Waals surface area (Å²) in [5.41, 5.74) is 4.22. The van der Waals surface area contributed by atoms with Crippen LogP contribution in [0.25, 0.3) is 11.3 Å². The maximum Gasteiger partial charge on any atom is 0.0924 e. The molecule has 0 bridgehead atoms. The molecule has 0 spiro atoms. The van der Waals surface area contributed by atoms with Crippen molar-refractivity contribution < 1.29 is 10.2 Å². The summed E-state index contributed by atoms with van der Waals surface area (Å²) in [7, 11) is 0. The summed E-state index contributed by atoms with van der Waals surface area (Å²) in [5.74, 6) is 0. The van der Waals surface area contributed by atoms with Crippen LogP contribution in [0.3, 0.4) is 0 Å². The number of aliphatic hydroxyl groups excluding tert-OH is 2. The van der Waals surface area contributed by atoms with Gasteiger partial charge in [-0.05, 0) is 11.1 Å². The zero-order valence-corrected chi connectivity index (χ0v) is 10.5. The van der Waals surface area contributed by atoms with Gasteiger partial charge in [-0.25, -0.2) is 4.98 Å². The summed E-state index contributed by atoms with van der Waals surface area (Å²) in [5, 5.41) is 19.4. The molecule has 0 fully saturated rings. The van der Waals surface area contributed by atoms with Crippen LogP contribution in [0.2, 0.25) is 0 Å². The Labute approximate surface area is 111 Å². The van der Waals surface area contributed by atoms with Crippen LogP contribution < -0.4 is 0 Å². The molecule has 1 heterocycles. The fraction of sp³-hybridized carbons (Fsp3) is 0.308. The van der Waals surface area contributed by atoms with Crippen LogP contribution in [-0.4, -0.2) is 32.4 Å². The minimum atomic E-state index is -0.674. The highest BCUT2D eigenvalue weighted by Crippen LogP contribution is 2.30. The van der Waals surface area contributed by atoms with Gasteiger partial charge in [0.1, 0.15) is 0 Å². The third kappa shape index (κ3) is 2.14. The van der Waals surface area contributed by atoms with E-state index >= 15 is 0 Å². The summed E-state index contributed by atoms with van der Waals surface area (Å²) in [6.07, 6.45) is 3.09. The number of nitrogens with zero attached hydrogens (tertiary/aromatic N) is 1. The van der Waals surface area contributed by atoms with Crippen molar-refractivity contribution in [2.75, 3.05) is 0 Å². The Hall–Kier alpha value is -1.36. The maximum atomic E-state index is 9.77. The molecule has 2 unspecified atom stereocenters.